The summed E-state index contributed by atoms with van der Waals surface area (Å²) in [6.07, 6.45) is 0.00874. The lowest BCUT2D eigenvalue weighted by Gasteiger charge is -2.05. The molecule has 0 bridgehead atoms. The summed E-state index contributed by atoms with van der Waals surface area (Å²) in [5.41, 5.74) is 2.12. The molecule has 0 radical (unpaired) electrons. The predicted octanol–water partition coefficient (Wildman–Crippen LogP) is 1.02. The number of nitrogens with one attached hydrogen (secondary N) is 1. The van der Waals surface area contributed by atoms with Crippen molar-refractivity contribution in [3.05, 3.63) is 50.9 Å². The summed E-state index contributed by atoms with van der Waals surface area (Å²) in [6, 6.07) is 5.42. The number of hydrogen-bond donors (Lipinski definition) is 3. The largest absolute Gasteiger partial charge is 0.477 e. The first-order chi connectivity index (χ1) is 9.45. The van der Waals surface area contributed by atoms with Crippen molar-refractivity contribution < 1.29 is 15.0 Å². The molecular formula is C14H16N2O4. The van der Waals surface area contributed by atoms with Crippen LogP contribution in [0.1, 0.15) is 27.2 Å². The third-order valence-corrected chi connectivity index (χ3v) is 3.31. The quantitative estimate of drug-likeness (QED) is 0.776. The zero-order chi connectivity index (χ0) is 14.9. The van der Waals surface area contributed by atoms with E-state index in [2.05, 4.69) is 5.10 Å². The molecule has 0 atom stereocenters. The topological polar surface area (TPSA) is 95.3 Å². The Labute approximate surface area is 115 Å². The fraction of sp³-hybridized carbons (Fsp3) is 0.286. The summed E-state index contributed by atoms with van der Waals surface area (Å²) in [6.45, 7) is 3.59. The van der Waals surface area contributed by atoms with E-state index in [1.54, 1.807) is 6.07 Å². The standard InChI is InChI=1S/C14H16N2O4/c1-8-3-4-10(7-9(8)2)16-13(18)11(5-6-17)12(15-16)14(19)20/h3-4,7,15,17H,5-6H2,1-2H3,(H,19,20). The van der Waals surface area contributed by atoms with E-state index in [9.17, 15) is 9.59 Å². The molecule has 20 heavy (non-hydrogen) atoms. The van der Waals surface area contributed by atoms with Gasteiger partial charge in [-0.3, -0.25) is 9.89 Å². The smallest absolute Gasteiger partial charge is 0.354 e. The normalized spacial score (nSPS) is 10.8. The third-order valence-electron chi connectivity index (χ3n) is 3.31. The molecule has 0 saturated heterocycles. The lowest BCUT2D eigenvalue weighted by molar-refractivity contribution is 0.0688. The number of hydrogen-bond acceptors (Lipinski definition) is 3. The molecule has 1 aromatic heterocycles. The number of carboxylic acid groups (broad SMARTS) is 1. The van der Waals surface area contributed by atoms with Gasteiger partial charge in [-0.05, 0) is 37.1 Å². The van der Waals surface area contributed by atoms with Crippen LogP contribution in [0.25, 0.3) is 5.69 Å². The second kappa shape index (κ2) is 5.34. The summed E-state index contributed by atoms with van der Waals surface area (Å²) in [4.78, 5) is 23.4. The second-order valence-electron chi connectivity index (χ2n) is 4.65. The number of aliphatic hydroxyl groups excluding tert-OH is 1. The Hall–Kier alpha value is -2.34. The molecule has 6 heteroatoms. The summed E-state index contributed by atoms with van der Waals surface area (Å²) in [5.74, 6) is -1.21. The van der Waals surface area contributed by atoms with Crippen molar-refractivity contribution in [2.45, 2.75) is 20.3 Å². The van der Waals surface area contributed by atoms with Crippen molar-refractivity contribution >= 4 is 5.97 Å². The SMILES string of the molecule is Cc1ccc(-n2[nH]c(C(=O)O)c(CCO)c2=O)cc1C. The van der Waals surface area contributed by atoms with Crippen LogP contribution in [0.5, 0.6) is 0 Å². The highest BCUT2D eigenvalue weighted by molar-refractivity contribution is 5.87. The molecule has 2 aromatic rings. The fourth-order valence-electron chi connectivity index (χ4n) is 2.04. The summed E-state index contributed by atoms with van der Waals surface area (Å²) >= 11 is 0. The maximum Gasteiger partial charge on any atom is 0.354 e. The van der Waals surface area contributed by atoms with Gasteiger partial charge in [0.1, 0.15) is 5.69 Å². The number of benzene rings is 1. The number of H-pyrrole nitrogens is 1. The number of rotatable bonds is 4. The molecule has 3 N–H and O–H groups in total. The highest BCUT2D eigenvalue weighted by Gasteiger charge is 2.19. The molecule has 0 amide bonds. The van der Waals surface area contributed by atoms with Gasteiger partial charge in [-0.1, -0.05) is 6.07 Å². The van der Waals surface area contributed by atoms with Crippen molar-refractivity contribution in [3.63, 3.8) is 0 Å². The van der Waals surface area contributed by atoms with Crippen LogP contribution in [0.2, 0.25) is 0 Å². The molecule has 2 rings (SSSR count). The van der Waals surface area contributed by atoms with Gasteiger partial charge in [0, 0.05) is 13.0 Å². The lowest BCUT2D eigenvalue weighted by atomic mass is 10.1. The van der Waals surface area contributed by atoms with Gasteiger partial charge in [0.15, 0.2) is 0 Å². The van der Waals surface area contributed by atoms with Crippen LogP contribution in [0.15, 0.2) is 23.0 Å². The first-order valence-corrected chi connectivity index (χ1v) is 6.21. The molecule has 1 aromatic carbocycles. The van der Waals surface area contributed by atoms with Crippen LogP contribution in [-0.2, 0) is 6.42 Å². The van der Waals surface area contributed by atoms with Crippen molar-refractivity contribution in [1.82, 2.24) is 9.78 Å². The van der Waals surface area contributed by atoms with Crippen molar-refractivity contribution in [1.29, 1.82) is 0 Å². The van der Waals surface area contributed by atoms with Gasteiger partial charge in [-0.25, -0.2) is 9.48 Å². The molecule has 0 aliphatic heterocycles. The zero-order valence-corrected chi connectivity index (χ0v) is 11.3. The molecule has 1 heterocycles. The number of carboxylic acids is 1. The molecule has 0 aliphatic carbocycles. The van der Waals surface area contributed by atoms with E-state index in [-0.39, 0.29) is 24.3 Å². The Morgan fingerprint density at radius 1 is 1.30 bits per heavy atom. The van der Waals surface area contributed by atoms with Gasteiger partial charge < -0.3 is 10.2 Å². The molecule has 0 unspecified atom stereocenters. The van der Waals surface area contributed by atoms with Crippen LogP contribution in [0.3, 0.4) is 0 Å². The monoisotopic (exact) mass is 276 g/mol. The van der Waals surface area contributed by atoms with Crippen LogP contribution in [0, 0.1) is 13.8 Å². The van der Waals surface area contributed by atoms with Gasteiger partial charge >= 0.3 is 5.97 Å². The van der Waals surface area contributed by atoms with Gasteiger partial charge in [-0.15, -0.1) is 0 Å². The minimum atomic E-state index is -1.21. The zero-order valence-electron chi connectivity index (χ0n) is 11.3. The molecule has 0 saturated carbocycles. The van der Waals surface area contributed by atoms with Gasteiger partial charge in [0.2, 0.25) is 0 Å². The molecule has 0 fully saturated rings. The number of aliphatic hydroxyl groups is 1. The Morgan fingerprint density at radius 3 is 2.55 bits per heavy atom. The molecule has 106 valence electrons. The van der Waals surface area contributed by atoms with Crippen LogP contribution >= 0.6 is 0 Å². The summed E-state index contributed by atoms with van der Waals surface area (Å²) < 4.78 is 1.20. The Morgan fingerprint density at radius 2 is 2.00 bits per heavy atom. The van der Waals surface area contributed by atoms with E-state index in [0.717, 1.165) is 11.1 Å². The average molecular weight is 276 g/mol. The molecule has 0 aliphatic rings. The maximum absolute atomic E-state index is 12.2. The first kappa shape index (κ1) is 14.1. The maximum atomic E-state index is 12.2. The number of aromatic carboxylic acids is 1. The number of aromatic amines is 1. The van der Waals surface area contributed by atoms with E-state index in [4.69, 9.17) is 10.2 Å². The average Bonchev–Trinajstić information content (AvgIpc) is 2.72. The van der Waals surface area contributed by atoms with E-state index in [0.29, 0.717) is 5.69 Å². The summed E-state index contributed by atoms with van der Waals surface area (Å²) in [7, 11) is 0. The minimum absolute atomic E-state index is 0.00874. The van der Waals surface area contributed by atoms with Gasteiger partial charge in [0.05, 0.1) is 11.3 Å². The Bertz CT molecular complexity index is 712. The number of carbonyl (C=O) groups is 1. The van der Waals surface area contributed by atoms with E-state index < -0.39 is 11.5 Å². The van der Waals surface area contributed by atoms with Crippen LogP contribution in [-0.4, -0.2) is 32.6 Å². The number of aromatic nitrogens is 2. The Balaban J connectivity index is 2.63. The highest BCUT2D eigenvalue weighted by Crippen LogP contribution is 2.13. The fourth-order valence-corrected chi connectivity index (χ4v) is 2.04. The summed E-state index contributed by atoms with van der Waals surface area (Å²) in [5, 5.41) is 20.7. The van der Waals surface area contributed by atoms with Crippen molar-refractivity contribution in [2.24, 2.45) is 0 Å². The van der Waals surface area contributed by atoms with Crippen molar-refractivity contribution in [2.75, 3.05) is 6.61 Å². The van der Waals surface area contributed by atoms with E-state index in [1.807, 2.05) is 26.0 Å². The van der Waals surface area contributed by atoms with Crippen LogP contribution in [0.4, 0.5) is 0 Å². The number of nitrogens with zero attached hydrogens (tertiary/aromatic N) is 1. The van der Waals surface area contributed by atoms with Gasteiger partial charge in [0.25, 0.3) is 5.56 Å². The van der Waals surface area contributed by atoms with Gasteiger partial charge in [-0.2, -0.15) is 0 Å². The van der Waals surface area contributed by atoms with E-state index >= 15 is 0 Å². The minimum Gasteiger partial charge on any atom is -0.477 e. The first-order valence-electron chi connectivity index (χ1n) is 6.21. The predicted molar refractivity (Wildman–Crippen MR) is 73.6 cm³/mol. The molecule has 0 spiro atoms. The van der Waals surface area contributed by atoms with Crippen molar-refractivity contribution in [3.8, 4) is 5.69 Å². The number of aryl methyl sites for hydroxylation is 2. The molecular weight excluding hydrogens is 260 g/mol. The molecule has 6 nitrogen and oxygen atoms in total. The Kier molecular flexibility index (Phi) is 3.76. The highest BCUT2D eigenvalue weighted by atomic mass is 16.4. The lowest BCUT2D eigenvalue weighted by Crippen LogP contribution is -2.18. The third kappa shape index (κ3) is 2.37. The van der Waals surface area contributed by atoms with E-state index in [1.165, 1.54) is 4.68 Å². The van der Waals surface area contributed by atoms with Crippen LogP contribution < -0.4 is 5.56 Å². The second-order valence-corrected chi connectivity index (χ2v) is 4.65.